The number of sulfonamides is 1. The molecule has 1 amide bonds. The van der Waals surface area contributed by atoms with E-state index in [1.807, 2.05) is 6.07 Å². The van der Waals surface area contributed by atoms with E-state index in [2.05, 4.69) is 0 Å². The summed E-state index contributed by atoms with van der Waals surface area (Å²) in [5.41, 5.74) is -1.49. The van der Waals surface area contributed by atoms with Crippen LogP contribution in [0.2, 0.25) is 0 Å². The van der Waals surface area contributed by atoms with E-state index in [1.54, 1.807) is 6.07 Å². The summed E-state index contributed by atoms with van der Waals surface area (Å²) < 4.78 is 66.3. The summed E-state index contributed by atoms with van der Waals surface area (Å²) in [6, 6.07) is 12.1. The van der Waals surface area contributed by atoms with Gasteiger partial charge in [0, 0.05) is 26.2 Å². The molecule has 1 aliphatic rings. The molecular formula is C19H16F3N3O3S. The molecule has 1 aliphatic heterocycles. The molecule has 0 saturated carbocycles. The van der Waals surface area contributed by atoms with E-state index in [0.717, 1.165) is 16.4 Å². The van der Waals surface area contributed by atoms with Crippen LogP contribution in [-0.4, -0.2) is 49.7 Å². The summed E-state index contributed by atoms with van der Waals surface area (Å²) in [7, 11) is -3.96. The second kappa shape index (κ2) is 7.85. The molecule has 3 rings (SSSR count). The Morgan fingerprint density at radius 1 is 0.966 bits per heavy atom. The minimum absolute atomic E-state index is 0.00473. The van der Waals surface area contributed by atoms with Gasteiger partial charge in [0.15, 0.2) is 0 Å². The van der Waals surface area contributed by atoms with Gasteiger partial charge in [0.05, 0.1) is 21.6 Å². The molecule has 1 heterocycles. The summed E-state index contributed by atoms with van der Waals surface area (Å²) in [5.74, 6) is -0.799. The van der Waals surface area contributed by atoms with Crippen LogP contribution in [0.3, 0.4) is 0 Å². The number of nitriles is 1. The van der Waals surface area contributed by atoms with Crippen LogP contribution in [0, 0.1) is 11.3 Å². The highest BCUT2D eigenvalue weighted by molar-refractivity contribution is 7.89. The van der Waals surface area contributed by atoms with Crippen molar-refractivity contribution in [2.75, 3.05) is 26.2 Å². The molecule has 0 unspecified atom stereocenters. The van der Waals surface area contributed by atoms with Crippen LogP contribution >= 0.6 is 0 Å². The molecule has 2 aromatic carbocycles. The number of carbonyl (C=O) groups excluding carboxylic acids is 1. The van der Waals surface area contributed by atoms with Crippen molar-refractivity contribution in [1.82, 2.24) is 9.21 Å². The zero-order chi connectivity index (χ0) is 21.2. The summed E-state index contributed by atoms with van der Waals surface area (Å²) in [6.07, 6.45) is -4.67. The molecule has 1 fully saturated rings. The first-order valence-corrected chi connectivity index (χ1v) is 10.0. The Bertz CT molecular complexity index is 1070. The van der Waals surface area contributed by atoms with Gasteiger partial charge in [-0.25, -0.2) is 8.42 Å². The minimum atomic E-state index is -4.67. The molecule has 0 aromatic heterocycles. The van der Waals surface area contributed by atoms with Crippen molar-refractivity contribution >= 4 is 15.9 Å². The van der Waals surface area contributed by atoms with E-state index >= 15 is 0 Å². The van der Waals surface area contributed by atoms with E-state index in [4.69, 9.17) is 5.26 Å². The lowest BCUT2D eigenvalue weighted by Crippen LogP contribution is -2.50. The number of rotatable bonds is 3. The fourth-order valence-corrected chi connectivity index (χ4v) is 4.71. The van der Waals surface area contributed by atoms with Crippen molar-refractivity contribution < 1.29 is 26.4 Å². The number of hydrogen-bond donors (Lipinski definition) is 0. The molecule has 0 aliphatic carbocycles. The van der Waals surface area contributed by atoms with Crippen LogP contribution in [0.15, 0.2) is 53.4 Å². The molecule has 0 bridgehead atoms. The van der Waals surface area contributed by atoms with Crippen LogP contribution in [0.4, 0.5) is 13.2 Å². The van der Waals surface area contributed by atoms with Gasteiger partial charge in [-0.05, 0) is 24.3 Å². The molecule has 0 N–H and O–H groups in total. The topological polar surface area (TPSA) is 81.5 Å². The highest BCUT2D eigenvalue weighted by atomic mass is 32.2. The maximum absolute atomic E-state index is 13.2. The van der Waals surface area contributed by atoms with Gasteiger partial charge in [0.25, 0.3) is 5.91 Å². The zero-order valence-electron chi connectivity index (χ0n) is 15.1. The monoisotopic (exact) mass is 423 g/mol. The number of carbonyl (C=O) groups is 1. The van der Waals surface area contributed by atoms with Crippen LogP contribution in [0.25, 0.3) is 0 Å². The van der Waals surface area contributed by atoms with E-state index in [0.29, 0.717) is 0 Å². The maximum Gasteiger partial charge on any atom is 0.417 e. The summed E-state index contributed by atoms with van der Waals surface area (Å²) >= 11 is 0. The molecule has 0 spiro atoms. The lowest BCUT2D eigenvalue weighted by Gasteiger charge is -2.34. The van der Waals surface area contributed by atoms with Crippen molar-refractivity contribution in [2.24, 2.45) is 0 Å². The SMILES string of the molecule is N#Cc1ccccc1S(=O)(=O)N1CCN(C(=O)c2ccccc2C(F)(F)F)CC1. The molecule has 2 aromatic rings. The van der Waals surface area contributed by atoms with Crippen LogP contribution in [0.5, 0.6) is 0 Å². The smallest absolute Gasteiger partial charge is 0.336 e. The number of halogens is 3. The first kappa shape index (κ1) is 20.8. The number of alkyl halides is 3. The molecule has 6 nitrogen and oxygen atoms in total. The van der Waals surface area contributed by atoms with Crippen molar-refractivity contribution in [2.45, 2.75) is 11.1 Å². The Balaban J connectivity index is 1.78. The summed E-state index contributed by atoms with van der Waals surface area (Å²) in [4.78, 5) is 13.7. The number of benzene rings is 2. The van der Waals surface area contributed by atoms with Crippen LogP contribution in [0.1, 0.15) is 21.5 Å². The molecule has 0 atom stereocenters. The third kappa shape index (κ3) is 4.11. The fraction of sp³-hybridized carbons (Fsp3) is 0.263. The minimum Gasteiger partial charge on any atom is -0.336 e. The largest absolute Gasteiger partial charge is 0.417 e. The Morgan fingerprint density at radius 2 is 1.55 bits per heavy atom. The second-order valence-electron chi connectivity index (χ2n) is 6.35. The predicted molar refractivity (Wildman–Crippen MR) is 97.3 cm³/mol. The number of amides is 1. The Labute approximate surface area is 165 Å². The van der Waals surface area contributed by atoms with E-state index < -0.39 is 33.2 Å². The third-order valence-corrected chi connectivity index (χ3v) is 6.57. The van der Waals surface area contributed by atoms with Crippen LogP contribution in [-0.2, 0) is 16.2 Å². The summed E-state index contributed by atoms with van der Waals surface area (Å²) in [6.45, 7) is -0.276. The maximum atomic E-state index is 13.2. The normalized spacial score (nSPS) is 15.7. The zero-order valence-corrected chi connectivity index (χ0v) is 15.9. The predicted octanol–water partition coefficient (Wildman–Crippen LogP) is 2.72. The van der Waals surface area contributed by atoms with Crippen LogP contribution < -0.4 is 0 Å². The average molecular weight is 423 g/mol. The van der Waals surface area contributed by atoms with E-state index in [-0.39, 0.29) is 36.6 Å². The van der Waals surface area contributed by atoms with Crippen molar-refractivity contribution in [3.8, 4) is 6.07 Å². The molecule has 10 heteroatoms. The third-order valence-electron chi connectivity index (χ3n) is 4.61. The number of hydrogen-bond acceptors (Lipinski definition) is 4. The standard InChI is InChI=1S/C19H16F3N3O3S/c20-19(21,22)16-7-3-2-6-15(16)18(26)24-9-11-25(12-10-24)29(27,28)17-8-4-1-5-14(17)13-23/h1-8H,9-12H2. The van der Waals surface area contributed by atoms with Gasteiger partial charge < -0.3 is 4.90 Å². The Hall–Kier alpha value is -2.90. The van der Waals surface area contributed by atoms with Gasteiger partial charge in [-0.1, -0.05) is 24.3 Å². The van der Waals surface area contributed by atoms with Crippen molar-refractivity contribution in [1.29, 1.82) is 5.26 Å². The van der Waals surface area contributed by atoms with Gasteiger partial charge in [-0.15, -0.1) is 0 Å². The molecule has 29 heavy (non-hydrogen) atoms. The highest BCUT2D eigenvalue weighted by Gasteiger charge is 2.37. The van der Waals surface area contributed by atoms with Crippen molar-refractivity contribution in [3.63, 3.8) is 0 Å². The summed E-state index contributed by atoms with van der Waals surface area (Å²) in [5, 5.41) is 9.13. The Morgan fingerprint density at radius 3 is 2.17 bits per heavy atom. The lowest BCUT2D eigenvalue weighted by molar-refractivity contribution is -0.138. The molecule has 0 radical (unpaired) electrons. The first-order valence-electron chi connectivity index (χ1n) is 8.61. The molecule has 152 valence electrons. The van der Waals surface area contributed by atoms with Gasteiger partial charge >= 0.3 is 6.18 Å². The second-order valence-corrected chi connectivity index (χ2v) is 8.25. The highest BCUT2D eigenvalue weighted by Crippen LogP contribution is 2.32. The lowest BCUT2D eigenvalue weighted by atomic mass is 10.1. The Kier molecular flexibility index (Phi) is 5.64. The van der Waals surface area contributed by atoms with E-state index in [9.17, 15) is 26.4 Å². The van der Waals surface area contributed by atoms with Gasteiger partial charge in [0.1, 0.15) is 6.07 Å². The van der Waals surface area contributed by atoms with Gasteiger partial charge in [-0.2, -0.15) is 22.7 Å². The quantitative estimate of drug-likeness (QED) is 0.760. The molecular weight excluding hydrogens is 407 g/mol. The number of piperazine rings is 1. The van der Waals surface area contributed by atoms with Crippen molar-refractivity contribution in [3.05, 3.63) is 65.2 Å². The van der Waals surface area contributed by atoms with Gasteiger partial charge in [0.2, 0.25) is 10.0 Å². The fourth-order valence-electron chi connectivity index (χ4n) is 3.14. The molecule has 1 saturated heterocycles. The average Bonchev–Trinajstić information content (AvgIpc) is 2.72. The number of nitrogens with zero attached hydrogens (tertiary/aromatic N) is 3. The first-order chi connectivity index (χ1) is 13.7. The van der Waals surface area contributed by atoms with Gasteiger partial charge in [-0.3, -0.25) is 4.79 Å². The van der Waals surface area contributed by atoms with E-state index in [1.165, 1.54) is 35.2 Å².